The van der Waals surface area contributed by atoms with Gasteiger partial charge in [0, 0.05) is 19.4 Å². The van der Waals surface area contributed by atoms with E-state index in [1.165, 1.54) is 83.5 Å². The summed E-state index contributed by atoms with van der Waals surface area (Å²) in [6.07, 6.45) is 33.6. The number of nitrogens with two attached hydrogens (primary N) is 1. The van der Waals surface area contributed by atoms with E-state index < -0.39 is 26.5 Å². The Kier molecular flexibility index (Phi) is 33.3. The Hall–Kier alpha value is -1.51. The molecule has 0 bridgehead atoms. The lowest BCUT2D eigenvalue weighted by Gasteiger charge is -2.19. The number of ether oxygens (including phenoxy) is 2. The van der Waals surface area contributed by atoms with Gasteiger partial charge in [-0.1, -0.05) is 134 Å². The maximum Gasteiger partial charge on any atom is 0.472 e. The minimum Gasteiger partial charge on any atom is -0.462 e. The molecule has 0 aromatic heterocycles. The third-order valence-corrected chi connectivity index (χ3v) is 8.82. The first-order valence-electron chi connectivity index (χ1n) is 18.8. The van der Waals surface area contributed by atoms with Crippen molar-refractivity contribution in [3.05, 3.63) is 24.3 Å². The fourth-order valence-corrected chi connectivity index (χ4v) is 5.78. The number of hydrogen-bond donors (Lipinski definition) is 2. The summed E-state index contributed by atoms with van der Waals surface area (Å²) in [5.74, 6) is -0.841. The lowest BCUT2D eigenvalue weighted by molar-refractivity contribution is -0.161. The molecule has 0 amide bonds. The number of phosphoric acid groups is 1. The minimum absolute atomic E-state index is 0.0530. The van der Waals surface area contributed by atoms with Gasteiger partial charge in [-0.05, 0) is 44.9 Å². The molecule has 0 spiro atoms. The number of carbonyl (C=O) groups is 2. The lowest BCUT2D eigenvalue weighted by Crippen LogP contribution is -2.29. The lowest BCUT2D eigenvalue weighted by atomic mass is 10.1. The molecular weight excluding hydrogens is 617 g/mol. The van der Waals surface area contributed by atoms with Gasteiger partial charge in [0.1, 0.15) is 6.61 Å². The van der Waals surface area contributed by atoms with Crippen molar-refractivity contribution in [3.63, 3.8) is 0 Å². The van der Waals surface area contributed by atoms with Gasteiger partial charge >= 0.3 is 19.8 Å². The Balaban J connectivity index is 4.18. The molecule has 0 saturated carbocycles. The van der Waals surface area contributed by atoms with Gasteiger partial charge in [-0.25, -0.2) is 4.57 Å². The summed E-state index contributed by atoms with van der Waals surface area (Å²) >= 11 is 0. The number of esters is 2. The third-order valence-electron chi connectivity index (χ3n) is 7.84. The Labute approximate surface area is 287 Å². The topological polar surface area (TPSA) is 134 Å². The maximum atomic E-state index is 12.5. The van der Waals surface area contributed by atoms with Crippen molar-refractivity contribution < 1.29 is 37.6 Å². The van der Waals surface area contributed by atoms with Gasteiger partial charge in [-0.3, -0.25) is 18.6 Å². The zero-order valence-corrected chi connectivity index (χ0v) is 30.9. The third kappa shape index (κ3) is 34.2. The summed E-state index contributed by atoms with van der Waals surface area (Å²) in [5, 5.41) is 0. The average molecular weight is 688 g/mol. The summed E-state index contributed by atoms with van der Waals surface area (Å²) in [6.45, 7) is 3.66. The van der Waals surface area contributed by atoms with Crippen LogP contribution in [0.1, 0.15) is 168 Å². The van der Waals surface area contributed by atoms with E-state index in [1.807, 2.05) is 0 Å². The van der Waals surface area contributed by atoms with Crippen LogP contribution in [0.15, 0.2) is 24.3 Å². The Morgan fingerprint density at radius 1 is 0.638 bits per heavy atom. The highest BCUT2D eigenvalue weighted by Crippen LogP contribution is 2.43. The van der Waals surface area contributed by atoms with Crippen LogP contribution in [-0.2, 0) is 32.7 Å². The van der Waals surface area contributed by atoms with Crippen LogP contribution in [0, 0.1) is 0 Å². The molecule has 9 nitrogen and oxygen atoms in total. The second kappa shape index (κ2) is 34.4. The first-order chi connectivity index (χ1) is 22.8. The van der Waals surface area contributed by atoms with Crippen LogP contribution >= 0.6 is 7.82 Å². The highest BCUT2D eigenvalue weighted by atomic mass is 31.2. The molecule has 0 heterocycles. The SMILES string of the molecule is CCCCCC/C=C\C/C=C\CCCCCCCCCC(=O)OC(COC(=O)CCCCCCCCCC)COP(=O)(O)OCCN. The maximum absolute atomic E-state index is 12.5. The number of allylic oxidation sites excluding steroid dienone is 4. The van der Waals surface area contributed by atoms with E-state index in [0.717, 1.165) is 51.4 Å². The van der Waals surface area contributed by atoms with E-state index in [4.69, 9.17) is 24.3 Å². The predicted octanol–water partition coefficient (Wildman–Crippen LogP) is 10.0. The van der Waals surface area contributed by atoms with Crippen molar-refractivity contribution in [2.24, 2.45) is 5.73 Å². The Bertz CT molecular complexity index is 835. The van der Waals surface area contributed by atoms with Crippen LogP contribution in [0.3, 0.4) is 0 Å². The molecule has 0 rings (SSSR count). The number of unbranched alkanes of at least 4 members (excludes halogenated alkanes) is 18. The van der Waals surface area contributed by atoms with E-state index in [2.05, 4.69) is 38.2 Å². The van der Waals surface area contributed by atoms with E-state index >= 15 is 0 Å². The molecule has 2 unspecified atom stereocenters. The van der Waals surface area contributed by atoms with Crippen molar-refractivity contribution >= 4 is 19.8 Å². The smallest absolute Gasteiger partial charge is 0.462 e. The standard InChI is InChI=1S/C37H70NO8P/c1-3-5-7-9-11-13-14-15-16-17-18-19-20-21-22-24-26-28-30-37(40)46-35(34-45-47(41,42)44-32-31-38)33-43-36(39)29-27-25-23-12-10-8-6-4-2/h13-14,16-17,35H,3-12,15,18-34,38H2,1-2H3,(H,41,42)/b14-13-,17-16-. The van der Waals surface area contributed by atoms with Gasteiger partial charge in [-0.2, -0.15) is 0 Å². The average Bonchev–Trinajstić information content (AvgIpc) is 3.05. The normalized spacial score (nSPS) is 13.7. The van der Waals surface area contributed by atoms with Crippen LogP contribution in [0.2, 0.25) is 0 Å². The van der Waals surface area contributed by atoms with Gasteiger partial charge < -0.3 is 20.1 Å². The molecule has 0 aliphatic rings. The number of rotatable bonds is 35. The van der Waals surface area contributed by atoms with Crippen molar-refractivity contribution in [1.82, 2.24) is 0 Å². The molecule has 0 saturated heterocycles. The fraction of sp³-hybridized carbons (Fsp3) is 0.838. The summed E-state index contributed by atoms with van der Waals surface area (Å²) in [5.41, 5.74) is 5.32. The van der Waals surface area contributed by atoms with Crippen LogP contribution in [0.5, 0.6) is 0 Å². The molecule has 10 heteroatoms. The van der Waals surface area contributed by atoms with E-state index in [9.17, 15) is 19.0 Å². The zero-order chi connectivity index (χ0) is 34.7. The highest BCUT2D eigenvalue weighted by molar-refractivity contribution is 7.47. The molecule has 0 aliphatic heterocycles. The van der Waals surface area contributed by atoms with Crippen LogP contribution in [0.25, 0.3) is 0 Å². The van der Waals surface area contributed by atoms with Crippen LogP contribution in [-0.4, -0.2) is 49.3 Å². The molecule has 47 heavy (non-hydrogen) atoms. The highest BCUT2D eigenvalue weighted by Gasteiger charge is 2.25. The quantitative estimate of drug-likeness (QED) is 0.0289. The Morgan fingerprint density at radius 2 is 1.11 bits per heavy atom. The van der Waals surface area contributed by atoms with Gasteiger partial charge in [0.15, 0.2) is 6.10 Å². The largest absolute Gasteiger partial charge is 0.472 e. The number of hydrogen-bond acceptors (Lipinski definition) is 8. The van der Waals surface area contributed by atoms with E-state index in [1.54, 1.807) is 0 Å². The molecule has 276 valence electrons. The van der Waals surface area contributed by atoms with Crippen molar-refractivity contribution in [2.75, 3.05) is 26.4 Å². The van der Waals surface area contributed by atoms with Crippen molar-refractivity contribution in [1.29, 1.82) is 0 Å². The van der Waals surface area contributed by atoms with Gasteiger partial charge in [-0.15, -0.1) is 0 Å². The van der Waals surface area contributed by atoms with E-state index in [0.29, 0.717) is 6.42 Å². The van der Waals surface area contributed by atoms with Gasteiger partial charge in [0.2, 0.25) is 0 Å². The van der Waals surface area contributed by atoms with Crippen LogP contribution < -0.4 is 5.73 Å². The molecule has 0 radical (unpaired) electrons. The molecule has 3 N–H and O–H groups in total. The molecule has 0 aliphatic carbocycles. The summed E-state index contributed by atoms with van der Waals surface area (Å²) < 4.78 is 32.5. The van der Waals surface area contributed by atoms with Gasteiger partial charge in [0.25, 0.3) is 0 Å². The minimum atomic E-state index is -4.36. The molecule has 0 aromatic rings. The molecular formula is C37H70NO8P. The number of carbonyl (C=O) groups excluding carboxylic acids is 2. The molecule has 2 atom stereocenters. The number of phosphoric ester groups is 1. The van der Waals surface area contributed by atoms with Crippen molar-refractivity contribution in [2.45, 2.75) is 174 Å². The van der Waals surface area contributed by atoms with E-state index in [-0.39, 0.29) is 38.6 Å². The monoisotopic (exact) mass is 687 g/mol. The first kappa shape index (κ1) is 45.5. The second-order valence-electron chi connectivity index (χ2n) is 12.4. The Morgan fingerprint density at radius 3 is 1.64 bits per heavy atom. The first-order valence-corrected chi connectivity index (χ1v) is 20.3. The predicted molar refractivity (Wildman–Crippen MR) is 192 cm³/mol. The van der Waals surface area contributed by atoms with Gasteiger partial charge in [0.05, 0.1) is 13.2 Å². The molecule has 0 fully saturated rings. The summed E-state index contributed by atoms with van der Waals surface area (Å²) in [6, 6.07) is 0. The molecule has 0 aromatic carbocycles. The zero-order valence-electron chi connectivity index (χ0n) is 30.0. The fourth-order valence-electron chi connectivity index (χ4n) is 5.02. The van der Waals surface area contributed by atoms with Crippen LogP contribution in [0.4, 0.5) is 0 Å². The summed E-state index contributed by atoms with van der Waals surface area (Å²) in [4.78, 5) is 34.6. The second-order valence-corrected chi connectivity index (χ2v) is 13.9. The van der Waals surface area contributed by atoms with Crippen molar-refractivity contribution in [3.8, 4) is 0 Å². The summed E-state index contributed by atoms with van der Waals surface area (Å²) in [7, 11) is -4.36.